The number of para-hydroxylation sites is 1. The number of nitrogen functional groups attached to an aromatic ring is 1. The Balaban J connectivity index is 2.07. The zero-order valence-electron chi connectivity index (χ0n) is 12.7. The predicted molar refractivity (Wildman–Crippen MR) is 92.1 cm³/mol. The van der Waals surface area contributed by atoms with Crippen molar-refractivity contribution in [3.05, 3.63) is 69.1 Å². The van der Waals surface area contributed by atoms with Gasteiger partial charge in [-0.05, 0) is 12.1 Å². The molecule has 4 aromatic rings. The van der Waals surface area contributed by atoms with Crippen molar-refractivity contribution in [1.82, 2.24) is 9.97 Å². The molecule has 0 aliphatic heterocycles. The fourth-order valence-electron chi connectivity index (χ4n) is 2.66. The van der Waals surface area contributed by atoms with E-state index in [1.807, 2.05) is 0 Å². The molecular formula is C17H10N4O4. The lowest BCUT2D eigenvalue weighted by atomic mass is 10.1. The molecule has 122 valence electrons. The van der Waals surface area contributed by atoms with Crippen LogP contribution < -0.4 is 11.4 Å². The summed E-state index contributed by atoms with van der Waals surface area (Å²) >= 11 is 0. The summed E-state index contributed by atoms with van der Waals surface area (Å²) in [5.41, 5.74) is 6.38. The Labute approximate surface area is 139 Å². The number of nitrogens with two attached hydrogens (primary N) is 1. The minimum Gasteiger partial charge on any atom is -0.422 e. The second-order valence-electron chi connectivity index (χ2n) is 5.35. The molecule has 0 radical (unpaired) electrons. The summed E-state index contributed by atoms with van der Waals surface area (Å²) in [6.45, 7) is 0. The first-order valence-electron chi connectivity index (χ1n) is 7.28. The average Bonchev–Trinajstić information content (AvgIpc) is 2.61. The van der Waals surface area contributed by atoms with Gasteiger partial charge in [0.2, 0.25) is 0 Å². The van der Waals surface area contributed by atoms with Crippen molar-refractivity contribution in [3.63, 3.8) is 0 Å². The van der Waals surface area contributed by atoms with Crippen molar-refractivity contribution < 1.29 is 9.34 Å². The third-order valence-electron chi connectivity index (χ3n) is 3.80. The van der Waals surface area contributed by atoms with Crippen LogP contribution in [0, 0.1) is 10.1 Å². The maximum absolute atomic E-state index is 12.2. The maximum atomic E-state index is 12.2. The van der Waals surface area contributed by atoms with Crippen LogP contribution in [0.1, 0.15) is 0 Å². The summed E-state index contributed by atoms with van der Waals surface area (Å²) in [6, 6.07) is 12.8. The SMILES string of the molecule is Nc1nc(-c2cccc([N+](=O)[O-])c2)nc2c1c(=O)oc1ccccc12. The molecule has 25 heavy (non-hydrogen) atoms. The second kappa shape index (κ2) is 5.38. The molecule has 0 fully saturated rings. The van der Waals surface area contributed by atoms with Gasteiger partial charge in [0.25, 0.3) is 5.69 Å². The molecule has 0 bridgehead atoms. The molecule has 4 rings (SSSR count). The Morgan fingerprint density at radius 1 is 1.08 bits per heavy atom. The van der Waals surface area contributed by atoms with Crippen LogP contribution in [-0.4, -0.2) is 14.9 Å². The van der Waals surface area contributed by atoms with Crippen molar-refractivity contribution in [2.45, 2.75) is 0 Å². The van der Waals surface area contributed by atoms with Gasteiger partial charge in [-0.25, -0.2) is 14.8 Å². The predicted octanol–water partition coefficient (Wildman–Crippen LogP) is 2.89. The van der Waals surface area contributed by atoms with Crippen molar-refractivity contribution >= 4 is 33.4 Å². The summed E-state index contributed by atoms with van der Waals surface area (Å²) < 4.78 is 5.25. The van der Waals surface area contributed by atoms with Crippen molar-refractivity contribution in [2.75, 3.05) is 5.73 Å². The number of anilines is 1. The van der Waals surface area contributed by atoms with Gasteiger partial charge in [-0.3, -0.25) is 10.1 Å². The molecular weight excluding hydrogens is 324 g/mol. The highest BCUT2D eigenvalue weighted by molar-refractivity contribution is 6.05. The second-order valence-corrected chi connectivity index (χ2v) is 5.35. The lowest BCUT2D eigenvalue weighted by Gasteiger charge is -2.07. The number of benzene rings is 2. The van der Waals surface area contributed by atoms with Gasteiger partial charge in [-0.1, -0.05) is 24.3 Å². The van der Waals surface area contributed by atoms with Crippen molar-refractivity contribution in [1.29, 1.82) is 0 Å². The van der Waals surface area contributed by atoms with E-state index < -0.39 is 10.5 Å². The molecule has 0 saturated carbocycles. The topological polar surface area (TPSA) is 125 Å². The van der Waals surface area contributed by atoms with Crippen LogP contribution in [0.15, 0.2) is 57.7 Å². The van der Waals surface area contributed by atoms with Gasteiger partial charge >= 0.3 is 5.63 Å². The van der Waals surface area contributed by atoms with Crippen LogP contribution in [0.5, 0.6) is 0 Å². The van der Waals surface area contributed by atoms with Crippen LogP contribution in [0.2, 0.25) is 0 Å². The fraction of sp³-hybridized carbons (Fsp3) is 0. The number of non-ortho nitro benzene ring substituents is 1. The number of nitro groups is 1. The molecule has 2 N–H and O–H groups in total. The van der Waals surface area contributed by atoms with Gasteiger partial charge in [0.05, 0.1) is 10.4 Å². The number of aromatic nitrogens is 2. The minimum absolute atomic E-state index is 0.0361. The van der Waals surface area contributed by atoms with Gasteiger partial charge in [-0.2, -0.15) is 0 Å². The number of hydrogen-bond donors (Lipinski definition) is 1. The molecule has 0 aliphatic rings. The lowest BCUT2D eigenvalue weighted by molar-refractivity contribution is -0.384. The van der Waals surface area contributed by atoms with Gasteiger partial charge < -0.3 is 10.2 Å². The van der Waals surface area contributed by atoms with E-state index >= 15 is 0 Å². The van der Waals surface area contributed by atoms with Crippen molar-refractivity contribution in [3.8, 4) is 11.4 Å². The van der Waals surface area contributed by atoms with E-state index in [1.54, 1.807) is 30.3 Å². The van der Waals surface area contributed by atoms with E-state index in [4.69, 9.17) is 10.2 Å². The number of hydrogen-bond acceptors (Lipinski definition) is 7. The largest absolute Gasteiger partial charge is 0.422 e. The molecule has 0 saturated heterocycles. The molecule has 2 aromatic carbocycles. The first-order valence-corrected chi connectivity index (χ1v) is 7.28. The first kappa shape index (κ1) is 14.8. The third kappa shape index (κ3) is 2.36. The smallest absolute Gasteiger partial charge is 0.349 e. The molecule has 0 amide bonds. The first-order chi connectivity index (χ1) is 12.0. The molecule has 8 nitrogen and oxygen atoms in total. The highest BCUT2D eigenvalue weighted by Crippen LogP contribution is 2.28. The van der Waals surface area contributed by atoms with Crippen LogP contribution in [0.3, 0.4) is 0 Å². The Bertz CT molecular complexity index is 1220. The zero-order chi connectivity index (χ0) is 17.6. The van der Waals surface area contributed by atoms with Crippen molar-refractivity contribution in [2.24, 2.45) is 0 Å². The molecule has 0 spiro atoms. The van der Waals surface area contributed by atoms with E-state index in [0.29, 0.717) is 22.0 Å². The van der Waals surface area contributed by atoms with E-state index in [2.05, 4.69) is 9.97 Å². The molecule has 0 unspecified atom stereocenters. The summed E-state index contributed by atoms with van der Waals surface area (Å²) in [5.74, 6) is 0.162. The molecule has 0 atom stereocenters. The third-order valence-corrected chi connectivity index (χ3v) is 3.80. The van der Waals surface area contributed by atoms with E-state index in [-0.39, 0.29) is 22.7 Å². The molecule has 2 aromatic heterocycles. The van der Waals surface area contributed by atoms with Crippen LogP contribution >= 0.6 is 0 Å². The normalized spacial score (nSPS) is 11.0. The quantitative estimate of drug-likeness (QED) is 0.258. The van der Waals surface area contributed by atoms with Gasteiger partial charge in [0.1, 0.15) is 16.8 Å². The zero-order valence-corrected chi connectivity index (χ0v) is 12.7. The van der Waals surface area contributed by atoms with Gasteiger partial charge in [0.15, 0.2) is 5.82 Å². The van der Waals surface area contributed by atoms with Crippen LogP contribution in [0.4, 0.5) is 11.5 Å². The standard InChI is InChI=1S/C17H10N4O4/c18-15-13-14(11-6-1-2-7-12(11)25-17(13)22)19-16(20-15)9-4-3-5-10(8-9)21(23)24/h1-8H,(H2,18,19,20). The van der Waals surface area contributed by atoms with Gasteiger partial charge in [-0.15, -0.1) is 0 Å². The Hall–Kier alpha value is -3.81. The highest BCUT2D eigenvalue weighted by atomic mass is 16.6. The summed E-state index contributed by atoms with van der Waals surface area (Å²) in [7, 11) is 0. The van der Waals surface area contributed by atoms with Crippen LogP contribution in [0.25, 0.3) is 33.3 Å². The Kier molecular flexibility index (Phi) is 3.17. The van der Waals surface area contributed by atoms with E-state index in [0.717, 1.165) is 0 Å². The van der Waals surface area contributed by atoms with E-state index in [1.165, 1.54) is 18.2 Å². The summed E-state index contributed by atoms with van der Waals surface area (Å²) in [5, 5.41) is 11.7. The van der Waals surface area contributed by atoms with Crippen LogP contribution in [-0.2, 0) is 0 Å². The average molecular weight is 334 g/mol. The number of rotatable bonds is 2. The number of nitro benzene ring substituents is 1. The number of nitrogens with zero attached hydrogens (tertiary/aromatic N) is 3. The maximum Gasteiger partial charge on any atom is 0.349 e. The van der Waals surface area contributed by atoms with Gasteiger partial charge in [0, 0.05) is 23.1 Å². The summed E-state index contributed by atoms with van der Waals surface area (Å²) in [4.78, 5) is 31.2. The molecule has 0 aliphatic carbocycles. The highest BCUT2D eigenvalue weighted by Gasteiger charge is 2.16. The molecule has 2 heterocycles. The summed E-state index contributed by atoms with van der Waals surface area (Å²) in [6.07, 6.45) is 0. The Morgan fingerprint density at radius 3 is 2.68 bits per heavy atom. The monoisotopic (exact) mass is 334 g/mol. The van der Waals surface area contributed by atoms with E-state index in [9.17, 15) is 14.9 Å². The Morgan fingerprint density at radius 2 is 1.88 bits per heavy atom. The fourth-order valence-corrected chi connectivity index (χ4v) is 2.66. The minimum atomic E-state index is -0.628. The lowest BCUT2D eigenvalue weighted by Crippen LogP contribution is -2.08. The number of fused-ring (bicyclic) bond motifs is 3. The molecule has 8 heteroatoms.